The number of aromatic nitrogens is 3. The Morgan fingerprint density at radius 3 is 2.52 bits per heavy atom. The van der Waals surface area contributed by atoms with Crippen LogP contribution in [-0.2, 0) is 6.42 Å². The maximum Gasteiger partial charge on any atom is 0.163 e. The summed E-state index contributed by atoms with van der Waals surface area (Å²) in [5, 5.41) is 8.07. The van der Waals surface area contributed by atoms with Gasteiger partial charge < -0.3 is 4.74 Å². The molecule has 0 aliphatic carbocycles. The lowest BCUT2D eigenvalue weighted by atomic mass is 10.1. The topological polar surface area (TPSA) is 57.0 Å². The van der Waals surface area contributed by atoms with Crippen LogP contribution >= 0.6 is 0 Å². The average Bonchev–Trinajstić information content (AvgIpc) is 3.09. The summed E-state index contributed by atoms with van der Waals surface area (Å²) in [7, 11) is 1.63. The van der Waals surface area contributed by atoms with Crippen molar-refractivity contribution in [2.45, 2.75) is 12.8 Å². The molecule has 0 amide bonds. The molecule has 0 fully saturated rings. The molecule has 23 heavy (non-hydrogen) atoms. The van der Waals surface area contributed by atoms with Crippen LogP contribution in [0.5, 0.6) is 5.75 Å². The molecule has 0 atom stereocenters. The zero-order chi connectivity index (χ0) is 16.1. The highest BCUT2D eigenvalue weighted by molar-refractivity contribution is 5.96. The smallest absolute Gasteiger partial charge is 0.163 e. The van der Waals surface area contributed by atoms with E-state index in [1.165, 1.54) is 0 Å². The maximum atomic E-state index is 12.2. The number of carbonyl (C=O) groups is 1. The van der Waals surface area contributed by atoms with Crippen molar-refractivity contribution in [2.75, 3.05) is 7.11 Å². The number of Topliss-reactive ketones (excluding diaryl/α,β-unsaturated/α-hetero) is 1. The Kier molecular flexibility index (Phi) is 4.47. The Bertz CT molecular complexity index is 780. The molecule has 0 saturated carbocycles. The van der Waals surface area contributed by atoms with Crippen molar-refractivity contribution in [3.05, 3.63) is 72.1 Å². The normalized spacial score (nSPS) is 10.5. The first-order valence-corrected chi connectivity index (χ1v) is 7.40. The van der Waals surface area contributed by atoms with E-state index < -0.39 is 0 Å². The van der Waals surface area contributed by atoms with Crippen molar-refractivity contribution < 1.29 is 9.53 Å². The predicted octanol–water partition coefficient (Wildman–Crippen LogP) is 3.09. The number of aryl methyl sites for hydroxylation is 1. The summed E-state index contributed by atoms with van der Waals surface area (Å²) in [5.74, 6) is 0.905. The molecule has 0 spiro atoms. The molecule has 5 heteroatoms. The Labute approximate surface area is 134 Å². The van der Waals surface area contributed by atoms with Crippen molar-refractivity contribution in [3.8, 4) is 11.4 Å². The fraction of sp³-hybridized carbons (Fsp3) is 0.167. The van der Waals surface area contributed by atoms with Crippen LogP contribution in [0.4, 0.5) is 0 Å². The van der Waals surface area contributed by atoms with Gasteiger partial charge in [0, 0.05) is 12.0 Å². The number of methoxy groups -OCH3 is 1. The monoisotopic (exact) mass is 307 g/mol. The van der Waals surface area contributed by atoms with Gasteiger partial charge in [-0.25, -0.2) is 4.68 Å². The van der Waals surface area contributed by atoms with Crippen molar-refractivity contribution >= 4 is 5.78 Å². The second kappa shape index (κ2) is 6.87. The fourth-order valence-corrected chi connectivity index (χ4v) is 2.38. The lowest BCUT2D eigenvalue weighted by Gasteiger charge is -2.07. The molecule has 0 radical (unpaired) electrons. The minimum atomic E-state index is 0.119. The van der Waals surface area contributed by atoms with Gasteiger partial charge in [0.05, 0.1) is 24.7 Å². The summed E-state index contributed by atoms with van der Waals surface area (Å²) >= 11 is 0. The van der Waals surface area contributed by atoms with E-state index in [9.17, 15) is 4.79 Å². The molecular weight excluding hydrogens is 290 g/mol. The van der Waals surface area contributed by atoms with Gasteiger partial charge in [-0.05, 0) is 30.7 Å². The SMILES string of the molecule is COc1ccc(-n2nncc2CCC(=O)c2ccccc2)cc1. The molecule has 116 valence electrons. The number of carbonyl (C=O) groups excluding carboxylic acids is 1. The number of ketones is 1. The van der Waals surface area contributed by atoms with Crippen LogP contribution < -0.4 is 4.74 Å². The first-order valence-electron chi connectivity index (χ1n) is 7.40. The molecule has 0 saturated heterocycles. The van der Waals surface area contributed by atoms with Gasteiger partial charge >= 0.3 is 0 Å². The van der Waals surface area contributed by atoms with Gasteiger partial charge in [0.2, 0.25) is 0 Å². The van der Waals surface area contributed by atoms with Gasteiger partial charge in [-0.1, -0.05) is 35.5 Å². The van der Waals surface area contributed by atoms with E-state index in [2.05, 4.69) is 10.3 Å². The fourth-order valence-electron chi connectivity index (χ4n) is 2.38. The van der Waals surface area contributed by atoms with Gasteiger partial charge in [0.1, 0.15) is 5.75 Å². The van der Waals surface area contributed by atoms with Crippen LogP contribution in [0.25, 0.3) is 5.69 Å². The van der Waals surface area contributed by atoms with E-state index in [4.69, 9.17) is 4.74 Å². The maximum absolute atomic E-state index is 12.2. The Morgan fingerprint density at radius 2 is 1.83 bits per heavy atom. The first kappa shape index (κ1) is 15.0. The number of hydrogen-bond donors (Lipinski definition) is 0. The molecule has 0 unspecified atom stereocenters. The Morgan fingerprint density at radius 1 is 1.09 bits per heavy atom. The molecule has 1 heterocycles. The number of rotatable bonds is 6. The zero-order valence-corrected chi connectivity index (χ0v) is 12.8. The third kappa shape index (κ3) is 3.45. The van der Waals surface area contributed by atoms with Gasteiger partial charge in [-0.15, -0.1) is 5.10 Å². The Balaban J connectivity index is 1.72. The lowest BCUT2D eigenvalue weighted by molar-refractivity contribution is 0.0982. The summed E-state index contributed by atoms with van der Waals surface area (Å²) < 4.78 is 6.90. The molecule has 3 aromatic rings. The third-order valence-electron chi connectivity index (χ3n) is 3.64. The lowest BCUT2D eigenvalue weighted by Crippen LogP contribution is -2.06. The van der Waals surface area contributed by atoms with Crippen LogP contribution in [0.3, 0.4) is 0 Å². The summed E-state index contributed by atoms with van der Waals surface area (Å²) in [6.45, 7) is 0. The highest BCUT2D eigenvalue weighted by Gasteiger charge is 2.10. The summed E-state index contributed by atoms with van der Waals surface area (Å²) in [6, 6.07) is 16.9. The number of hydrogen-bond acceptors (Lipinski definition) is 4. The van der Waals surface area contributed by atoms with Gasteiger partial charge in [0.25, 0.3) is 0 Å². The number of nitrogens with zero attached hydrogens (tertiary/aromatic N) is 3. The second-order valence-electron chi connectivity index (χ2n) is 5.12. The standard InChI is InChI=1S/C18H17N3O2/c1-23-17-10-7-15(8-11-17)21-16(13-19-20-21)9-12-18(22)14-5-3-2-4-6-14/h2-8,10-11,13H,9,12H2,1H3. The molecular formula is C18H17N3O2. The van der Waals surface area contributed by atoms with E-state index in [1.807, 2.05) is 54.6 Å². The van der Waals surface area contributed by atoms with Crippen LogP contribution in [0.15, 0.2) is 60.8 Å². The van der Waals surface area contributed by atoms with Crippen LogP contribution in [-0.4, -0.2) is 27.9 Å². The van der Waals surface area contributed by atoms with Crippen molar-refractivity contribution in [1.82, 2.24) is 15.0 Å². The molecule has 0 aliphatic heterocycles. The van der Waals surface area contributed by atoms with Crippen LogP contribution in [0.1, 0.15) is 22.5 Å². The summed E-state index contributed by atoms with van der Waals surface area (Å²) in [5.41, 5.74) is 2.53. The van der Waals surface area contributed by atoms with Crippen molar-refractivity contribution in [1.29, 1.82) is 0 Å². The average molecular weight is 307 g/mol. The third-order valence-corrected chi connectivity index (χ3v) is 3.64. The highest BCUT2D eigenvalue weighted by Crippen LogP contribution is 2.16. The predicted molar refractivity (Wildman–Crippen MR) is 87.0 cm³/mol. The van der Waals surface area contributed by atoms with Gasteiger partial charge in [-0.3, -0.25) is 4.79 Å². The Hall–Kier alpha value is -2.95. The number of benzene rings is 2. The second-order valence-corrected chi connectivity index (χ2v) is 5.12. The van der Waals surface area contributed by atoms with E-state index in [0.717, 1.165) is 22.7 Å². The van der Waals surface area contributed by atoms with Crippen molar-refractivity contribution in [3.63, 3.8) is 0 Å². The quantitative estimate of drug-likeness (QED) is 0.657. The molecule has 0 N–H and O–H groups in total. The summed E-state index contributed by atoms with van der Waals surface area (Å²) in [6.07, 6.45) is 2.71. The van der Waals surface area contributed by atoms with Gasteiger partial charge in [0.15, 0.2) is 5.78 Å². The highest BCUT2D eigenvalue weighted by atomic mass is 16.5. The van der Waals surface area contributed by atoms with E-state index in [-0.39, 0.29) is 5.78 Å². The zero-order valence-electron chi connectivity index (χ0n) is 12.8. The minimum absolute atomic E-state index is 0.119. The van der Waals surface area contributed by atoms with E-state index in [1.54, 1.807) is 18.0 Å². The molecule has 5 nitrogen and oxygen atoms in total. The van der Waals surface area contributed by atoms with Crippen molar-refractivity contribution in [2.24, 2.45) is 0 Å². The van der Waals surface area contributed by atoms with Gasteiger partial charge in [-0.2, -0.15) is 0 Å². The van der Waals surface area contributed by atoms with E-state index >= 15 is 0 Å². The molecule has 2 aromatic carbocycles. The minimum Gasteiger partial charge on any atom is -0.497 e. The van der Waals surface area contributed by atoms with E-state index in [0.29, 0.717) is 12.8 Å². The molecule has 0 aliphatic rings. The number of ether oxygens (including phenoxy) is 1. The first-order chi connectivity index (χ1) is 11.3. The molecule has 1 aromatic heterocycles. The molecule has 0 bridgehead atoms. The molecule has 3 rings (SSSR count). The van der Waals surface area contributed by atoms with Crippen LogP contribution in [0, 0.1) is 0 Å². The summed E-state index contributed by atoms with van der Waals surface area (Å²) in [4.78, 5) is 12.2. The van der Waals surface area contributed by atoms with Crippen LogP contribution in [0.2, 0.25) is 0 Å². The largest absolute Gasteiger partial charge is 0.497 e.